The molecule has 1 aromatic heterocycles. The Kier molecular flexibility index (Phi) is 4.37. The number of aryl methyl sites for hydroxylation is 1. The lowest BCUT2D eigenvalue weighted by Crippen LogP contribution is -2.09. The summed E-state index contributed by atoms with van der Waals surface area (Å²) in [6, 6.07) is 10.4. The molecule has 2 aromatic rings. The van der Waals surface area contributed by atoms with Crippen LogP contribution < -0.4 is 10.6 Å². The van der Waals surface area contributed by atoms with Gasteiger partial charge in [0.25, 0.3) is 0 Å². The number of hydrogen-bond donors (Lipinski definition) is 2. The van der Waals surface area contributed by atoms with Crippen LogP contribution in [0, 0.1) is 6.92 Å². The highest BCUT2D eigenvalue weighted by molar-refractivity contribution is 9.10. The van der Waals surface area contributed by atoms with Crippen molar-refractivity contribution in [2.75, 3.05) is 17.7 Å². The van der Waals surface area contributed by atoms with Gasteiger partial charge in [-0.3, -0.25) is 0 Å². The van der Waals surface area contributed by atoms with Crippen molar-refractivity contribution in [2.24, 2.45) is 0 Å². The van der Waals surface area contributed by atoms with Crippen LogP contribution in [0.2, 0.25) is 0 Å². The molecule has 0 aliphatic carbocycles. The fraction of sp³-hybridized carbons (Fsp3) is 0.286. The molecule has 5 heteroatoms. The molecule has 1 heterocycles. The molecule has 1 atom stereocenters. The summed E-state index contributed by atoms with van der Waals surface area (Å²) in [6.07, 6.45) is 0. The Morgan fingerprint density at radius 3 is 2.47 bits per heavy atom. The summed E-state index contributed by atoms with van der Waals surface area (Å²) in [5, 5.41) is 6.35. The molecule has 0 saturated heterocycles. The molecule has 0 aliphatic rings. The number of anilines is 2. The normalized spacial score (nSPS) is 12.0. The molecule has 0 saturated carbocycles. The second-order valence-corrected chi connectivity index (χ2v) is 5.30. The van der Waals surface area contributed by atoms with Crippen LogP contribution in [-0.2, 0) is 0 Å². The number of halogens is 1. The average molecular weight is 321 g/mol. The van der Waals surface area contributed by atoms with Gasteiger partial charge in [-0.25, -0.2) is 4.98 Å². The molecule has 0 spiro atoms. The zero-order valence-corrected chi connectivity index (χ0v) is 12.8. The minimum Gasteiger partial charge on any atom is -0.363 e. The third-order valence-corrected chi connectivity index (χ3v) is 3.34. The van der Waals surface area contributed by atoms with Crippen LogP contribution >= 0.6 is 15.9 Å². The summed E-state index contributed by atoms with van der Waals surface area (Å²) in [7, 11) is 1.82. The highest BCUT2D eigenvalue weighted by Crippen LogP contribution is 2.21. The SMILES string of the molecule is CNc1nc(C)cc(NC(C)c2ccc(Br)cc2)n1. The first-order valence-electron chi connectivity index (χ1n) is 6.14. The van der Waals surface area contributed by atoms with Crippen molar-refractivity contribution in [3.8, 4) is 0 Å². The maximum atomic E-state index is 4.39. The van der Waals surface area contributed by atoms with E-state index in [2.05, 4.69) is 55.6 Å². The Balaban J connectivity index is 2.16. The number of rotatable bonds is 4. The van der Waals surface area contributed by atoms with Crippen LogP contribution in [0.15, 0.2) is 34.8 Å². The first-order valence-corrected chi connectivity index (χ1v) is 6.93. The average Bonchev–Trinajstić information content (AvgIpc) is 2.38. The molecule has 0 radical (unpaired) electrons. The Labute approximate surface area is 121 Å². The van der Waals surface area contributed by atoms with Crippen molar-refractivity contribution in [3.05, 3.63) is 46.1 Å². The van der Waals surface area contributed by atoms with Gasteiger partial charge in [-0.05, 0) is 31.5 Å². The van der Waals surface area contributed by atoms with Gasteiger partial charge in [0.15, 0.2) is 0 Å². The number of benzene rings is 1. The van der Waals surface area contributed by atoms with Gasteiger partial charge in [0.1, 0.15) is 5.82 Å². The van der Waals surface area contributed by atoms with Gasteiger partial charge in [0.05, 0.1) is 0 Å². The second-order valence-electron chi connectivity index (χ2n) is 4.39. The fourth-order valence-electron chi connectivity index (χ4n) is 1.81. The molecular formula is C14H17BrN4. The lowest BCUT2D eigenvalue weighted by atomic mass is 10.1. The summed E-state index contributed by atoms with van der Waals surface area (Å²) in [6.45, 7) is 4.07. The minimum absolute atomic E-state index is 0.187. The lowest BCUT2D eigenvalue weighted by molar-refractivity contribution is 0.870. The molecule has 0 aliphatic heterocycles. The largest absolute Gasteiger partial charge is 0.363 e. The zero-order chi connectivity index (χ0) is 13.8. The van der Waals surface area contributed by atoms with Crippen molar-refractivity contribution >= 4 is 27.7 Å². The van der Waals surface area contributed by atoms with Crippen LogP contribution in [0.4, 0.5) is 11.8 Å². The van der Waals surface area contributed by atoms with Gasteiger partial charge < -0.3 is 10.6 Å². The summed E-state index contributed by atoms with van der Waals surface area (Å²) in [5.74, 6) is 1.46. The Bertz CT molecular complexity index is 554. The second kappa shape index (κ2) is 6.02. The van der Waals surface area contributed by atoms with Crippen LogP contribution in [0.3, 0.4) is 0 Å². The molecule has 19 heavy (non-hydrogen) atoms. The van der Waals surface area contributed by atoms with Crippen molar-refractivity contribution in [3.63, 3.8) is 0 Å². The number of nitrogens with one attached hydrogen (secondary N) is 2. The van der Waals surface area contributed by atoms with Gasteiger partial charge in [-0.15, -0.1) is 0 Å². The highest BCUT2D eigenvalue weighted by Gasteiger charge is 2.07. The van der Waals surface area contributed by atoms with E-state index in [1.165, 1.54) is 5.56 Å². The van der Waals surface area contributed by atoms with E-state index < -0.39 is 0 Å². The third kappa shape index (κ3) is 3.67. The summed E-state index contributed by atoms with van der Waals surface area (Å²) in [4.78, 5) is 8.67. The monoisotopic (exact) mass is 320 g/mol. The maximum absolute atomic E-state index is 4.39. The highest BCUT2D eigenvalue weighted by atomic mass is 79.9. The van der Waals surface area contributed by atoms with Crippen molar-refractivity contribution in [2.45, 2.75) is 19.9 Å². The van der Waals surface area contributed by atoms with Crippen molar-refractivity contribution in [1.29, 1.82) is 0 Å². The summed E-state index contributed by atoms with van der Waals surface area (Å²) < 4.78 is 1.08. The van der Waals surface area contributed by atoms with E-state index in [9.17, 15) is 0 Å². The molecule has 2 rings (SSSR count). The molecule has 1 aromatic carbocycles. The molecule has 0 amide bonds. The summed E-state index contributed by atoms with van der Waals surface area (Å²) in [5.41, 5.74) is 2.15. The molecule has 1 unspecified atom stereocenters. The fourth-order valence-corrected chi connectivity index (χ4v) is 2.08. The van der Waals surface area contributed by atoms with E-state index in [0.29, 0.717) is 5.95 Å². The van der Waals surface area contributed by atoms with E-state index >= 15 is 0 Å². The van der Waals surface area contributed by atoms with Crippen LogP contribution in [0.1, 0.15) is 24.2 Å². The Morgan fingerprint density at radius 1 is 1.16 bits per heavy atom. The third-order valence-electron chi connectivity index (χ3n) is 2.81. The van der Waals surface area contributed by atoms with Gasteiger partial charge in [-0.1, -0.05) is 28.1 Å². The standard InChI is InChI=1S/C14H17BrN4/c1-9-8-13(19-14(16-3)17-9)18-10(2)11-4-6-12(15)7-5-11/h4-8,10H,1-3H3,(H2,16,17,18,19). The first kappa shape index (κ1) is 13.8. The van der Waals surface area contributed by atoms with E-state index in [4.69, 9.17) is 0 Å². The number of hydrogen-bond acceptors (Lipinski definition) is 4. The van der Waals surface area contributed by atoms with Crippen LogP contribution in [0.25, 0.3) is 0 Å². The van der Waals surface area contributed by atoms with Gasteiger partial charge in [-0.2, -0.15) is 4.98 Å². The summed E-state index contributed by atoms with van der Waals surface area (Å²) >= 11 is 3.44. The van der Waals surface area contributed by atoms with Gasteiger partial charge in [0.2, 0.25) is 5.95 Å². The van der Waals surface area contributed by atoms with Crippen molar-refractivity contribution < 1.29 is 0 Å². The van der Waals surface area contributed by atoms with Crippen LogP contribution in [-0.4, -0.2) is 17.0 Å². The quantitative estimate of drug-likeness (QED) is 0.900. The van der Waals surface area contributed by atoms with Crippen molar-refractivity contribution in [1.82, 2.24) is 9.97 Å². The number of nitrogens with zero attached hydrogens (tertiary/aromatic N) is 2. The molecular weight excluding hydrogens is 304 g/mol. The smallest absolute Gasteiger partial charge is 0.224 e. The Morgan fingerprint density at radius 2 is 1.84 bits per heavy atom. The predicted molar refractivity (Wildman–Crippen MR) is 82.5 cm³/mol. The molecule has 0 fully saturated rings. The zero-order valence-electron chi connectivity index (χ0n) is 11.2. The molecule has 0 bridgehead atoms. The Hall–Kier alpha value is -1.62. The predicted octanol–water partition coefficient (Wildman–Crippen LogP) is 3.76. The maximum Gasteiger partial charge on any atom is 0.224 e. The topological polar surface area (TPSA) is 49.8 Å². The van der Waals surface area contributed by atoms with E-state index in [1.807, 2.05) is 32.2 Å². The van der Waals surface area contributed by atoms with Crippen LogP contribution in [0.5, 0.6) is 0 Å². The molecule has 4 nitrogen and oxygen atoms in total. The first-order chi connectivity index (χ1) is 9.08. The lowest BCUT2D eigenvalue weighted by Gasteiger charge is -2.16. The van der Waals surface area contributed by atoms with E-state index in [0.717, 1.165) is 16.0 Å². The van der Waals surface area contributed by atoms with Gasteiger partial charge >= 0.3 is 0 Å². The van der Waals surface area contributed by atoms with Gasteiger partial charge in [0, 0.05) is 29.3 Å². The number of aromatic nitrogens is 2. The minimum atomic E-state index is 0.187. The van der Waals surface area contributed by atoms with E-state index in [-0.39, 0.29) is 6.04 Å². The van der Waals surface area contributed by atoms with E-state index in [1.54, 1.807) is 0 Å². The molecule has 2 N–H and O–H groups in total. The molecule has 100 valence electrons.